The summed E-state index contributed by atoms with van der Waals surface area (Å²) in [4.78, 5) is 28.8. The van der Waals surface area contributed by atoms with Crippen molar-refractivity contribution in [2.45, 2.75) is 39.0 Å². The maximum atomic E-state index is 12.3. The van der Waals surface area contributed by atoms with Crippen LogP contribution in [0.4, 0.5) is 0 Å². The number of nitrogens with one attached hydrogen (secondary N) is 1. The molecule has 0 aromatic heterocycles. The summed E-state index contributed by atoms with van der Waals surface area (Å²) < 4.78 is 0. The summed E-state index contributed by atoms with van der Waals surface area (Å²) >= 11 is 5.93. The van der Waals surface area contributed by atoms with Gasteiger partial charge in [0.15, 0.2) is 0 Å². The monoisotopic (exact) mass is 379 g/mol. The van der Waals surface area contributed by atoms with Gasteiger partial charge < -0.3 is 15.1 Å². The second-order valence-electron chi connectivity index (χ2n) is 7.48. The lowest BCUT2D eigenvalue weighted by Crippen LogP contribution is -2.49. The molecule has 1 fully saturated rings. The first-order valence-corrected chi connectivity index (χ1v) is 9.72. The molecule has 0 unspecified atom stereocenters. The highest BCUT2D eigenvalue weighted by atomic mass is 35.5. The normalized spacial score (nSPS) is 15.8. The van der Waals surface area contributed by atoms with Crippen LogP contribution >= 0.6 is 11.6 Å². The average molecular weight is 380 g/mol. The van der Waals surface area contributed by atoms with E-state index < -0.39 is 0 Å². The van der Waals surface area contributed by atoms with Crippen LogP contribution in [0.25, 0.3) is 0 Å². The van der Waals surface area contributed by atoms with Crippen LogP contribution in [0.3, 0.4) is 0 Å². The molecule has 1 saturated heterocycles. The van der Waals surface area contributed by atoms with Gasteiger partial charge in [-0.25, -0.2) is 0 Å². The second kappa shape index (κ2) is 9.38. The minimum absolute atomic E-state index is 0.0337. The van der Waals surface area contributed by atoms with Crippen molar-refractivity contribution in [3.8, 4) is 0 Å². The number of benzene rings is 1. The topological polar surface area (TPSA) is 52.6 Å². The number of rotatable bonds is 7. The number of hydrogen-bond acceptors (Lipinski definition) is 3. The fourth-order valence-electron chi connectivity index (χ4n) is 3.25. The number of carbonyl (C=O) groups excluding carboxylic acids is 2. The molecule has 5 nitrogen and oxygen atoms in total. The fourth-order valence-corrected chi connectivity index (χ4v) is 3.37. The van der Waals surface area contributed by atoms with Crippen molar-refractivity contribution in [1.82, 2.24) is 15.1 Å². The van der Waals surface area contributed by atoms with Gasteiger partial charge in [0.2, 0.25) is 11.8 Å². The highest BCUT2D eigenvalue weighted by Crippen LogP contribution is 2.27. The Morgan fingerprint density at radius 1 is 1.12 bits per heavy atom. The Bertz CT molecular complexity index is 608. The molecule has 1 aliphatic heterocycles. The lowest BCUT2D eigenvalue weighted by atomic mass is 9.81. The summed E-state index contributed by atoms with van der Waals surface area (Å²) in [6.07, 6.45) is 0.733. The third-order valence-corrected chi connectivity index (χ3v) is 5.31. The largest absolute Gasteiger partial charge is 0.356 e. The summed E-state index contributed by atoms with van der Waals surface area (Å²) in [6.45, 7) is 11.1. The molecule has 1 aromatic carbocycles. The van der Waals surface area contributed by atoms with Crippen LogP contribution in [0, 0.1) is 0 Å². The van der Waals surface area contributed by atoms with Gasteiger partial charge >= 0.3 is 0 Å². The number of hydrogen-bond donors (Lipinski definition) is 1. The summed E-state index contributed by atoms with van der Waals surface area (Å²) in [5.74, 6) is 0.0894. The van der Waals surface area contributed by atoms with E-state index in [0.29, 0.717) is 24.4 Å². The van der Waals surface area contributed by atoms with Gasteiger partial charge in [-0.15, -0.1) is 0 Å². The molecule has 2 rings (SSSR count). The number of carbonyl (C=O) groups is 2. The Labute approximate surface area is 161 Å². The third kappa shape index (κ3) is 5.99. The number of amides is 2. The first kappa shape index (κ1) is 20.7. The zero-order chi connectivity index (χ0) is 19.2. The average Bonchev–Trinajstić information content (AvgIpc) is 2.61. The minimum atomic E-state index is -0.283. The van der Waals surface area contributed by atoms with Crippen LogP contribution in [-0.4, -0.2) is 60.9 Å². The lowest BCUT2D eigenvalue weighted by molar-refractivity contribution is -0.132. The van der Waals surface area contributed by atoms with Crippen LogP contribution in [-0.2, 0) is 15.0 Å². The van der Waals surface area contributed by atoms with Crippen molar-refractivity contribution in [2.75, 3.05) is 39.3 Å². The quantitative estimate of drug-likeness (QED) is 0.792. The van der Waals surface area contributed by atoms with Crippen molar-refractivity contribution >= 4 is 23.4 Å². The van der Waals surface area contributed by atoms with Gasteiger partial charge in [-0.3, -0.25) is 9.59 Å². The number of halogens is 1. The molecule has 1 aromatic rings. The molecule has 26 heavy (non-hydrogen) atoms. The molecule has 0 aliphatic carbocycles. The number of nitrogens with zero attached hydrogens (tertiary/aromatic N) is 2. The van der Waals surface area contributed by atoms with Crippen molar-refractivity contribution < 1.29 is 9.59 Å². The Kier molecular flexibility index (Phi) is 7.47. The summed E-state index contributed by atoms with van der Waals surface area (Å²) in [5.41, 5.74) is 0.789. The van der Waals surface area contributed by atoms with E-state index in [2.05, 4.69) is 17.1 Å². The van der Waals surface area contributed by atoms with Crippen LogP contribution in [0.2, 0.25) is 5.02 Å². The molecule has 0 bridgehead atoms. The van der Waals surface area contributed by atoms with E-state index in [-0.39, 0.29) is 17.2 Å². The smallest absolute Gasteiger partial charge is 0.224 e. The molecule has 0 radical (unpaired) electrons. The van der Waals surface area contributed by atoms with Gasteiger partial charge in [0.1, 0.15) is 0 Å². The van der Waals surface area contributed by atoms with Crippen LogP contribution in [0.5, 0.6) is 0 Å². The van der Waals surface area contributed by atoms with Crippen molar-refractivity contribution in [3.05, 3.63) is 34.9 Å². The molecule has 0 atom stereocenters. The van der Waals surface area contributed by atoms with E-state index in [1.54, 1.807) is 0 Å². The van der Waals surface area contributed by atoms with Crippen LogP contribution < -0.4 is 5.32 Å². The number of piperazine rings is 1. The van der Waals surface area contributed by atoms with Gasteiger partial charge in [0, 0.05) is 50.6 Å². The SMILES string of the molecule is CCN1CCN(C(=O)CCNC(=O)CC(C)(C)c2ccc(Cl)cc2)CC1. The van der Waals surface area contributed by atoms with Crippen molar-refractivity contribution in [1.29, 1.82) is 0 Å². The second-order valence-corrected chi connectivity index (χ2v) is 7.92. The summed E-state index contributed by atoms with van der Waals surface area (Å²) in [7, 11) is 0. The fraction of sp³-hybridized carbons (Fsp3) is 0.600. The van der Waals surface area contributed by atoms with E-state index in [0.717, 1.165) is 38.3 Å². The van der Waals surface area contributed by atoms with Gasteiger partial charge in [-0.1, -0.05) is 44.5 Å². The minimum Gasteiger partial charge on any atom is -0.356 e. The highest BCUT2D eigenvalue weighted by Gasteiger charge is 2.24. The molecule has 1 aliphatic rings. The Balaban J connectivity index is 1.73. The zero-order valence-corrected chi connectivity index (χ0v) is 16.8. The lowest BCUT2D eigenvalue weighted by Gasteiger charge is -2.34. The first-order valence-electron chi connectivity index (χ1n) is 9.34. The Morgan fingerprint density at radius 2 is 1.73 bits per heavy atom. The standard InChI is InChI=1S/C20H30ClN3O2/c1-4-23-11-13-24(14-12-23)19(26)9-10-22-18(25)15-20(2,3)16-5-7-17(21)8-6-16/h5-8H,4,9-15H2,1-3H3,(H,22,25). The Morgan fingerprint density at radius 3 is 2.31 bits per heavy atom. The van der Waals surface area contributed by atoms with E-state index in [1.165, 1.54) is 0 Å². The van der Waals surface area contributed by atoms with E-state index >= 15 is 0 Å². The predicted octanol–water partition coefficient (Wildman–Crippen LogP) is 2.68. The van der Waals surface area contributed by atoms with Gasteiger partial charge in [-0.2, -0.15) is 0 Å². The molecule has 6 heteroatoms. The van der Waals surface area contributed by atoms with Crippen molar-refractivity contribution in [2.24, 2.45) is 0 Å². The maximum absolute atomic E-state index is 12.3. The van der Waals surface area contributed by atoms with Crippen molar-refractivity contribution in [3.63, 3.8) is 0 Å². The summed E-state index contributed by atoms with van der Waals surface area (Å²) in [5, 5.41) is 3.57. The third-order valence-electron chi connectivity index (χ3n) is 5.06. The number of likely N-dealkylation sites (N-methyl/N-ethyl adjacent to an activating group) is 1. The molecule has 0 saturated carbocycles. The van der Waals surface area contributed by atoms with Gasteiger partial charge in [-0.05, 0) is 29.7 Å². The van der Waals surface area contributed by atoms with Crippen LogP contribution in [0.15, 0.2) is 24.3 Å². The Hall–Kier alpha value is -1.59. The van der Waals surface area contributed by atoms with E-state index in [9.17, 15) is 9.59 Å². The molecule has 0 spiro atoms. The van der Waals surface area contributed by atoms with E-state index in [4.69, 9.17) is 11.6 Å². The highest BCUT2D eigenvalue weighted by molar-refractivity contribution is 6.30. The first-order chi connectivity index (χ1) is 12.3. The van der Waals surface area contributed by atoms with Crippen LogP contribution in [0.1, 0.15) is 39.2 Å². The molecular formula is C20H30ClN3O2. The maximum Gasteiger partial charge on any atom is 0.224 e. The molecule has 144 valence electrons. The zero-order valence-electron chi connectivity index (χ0n) is 16.1. The van der Waals surface area contributed by atoms with Gasteiger partial charge in [0.25, 0.3) is 0 Å². The predicted molar refractivity (Wildman–Crippen MR) is 105 cm³/mol. The van der Waals surface area contributed by atoms with E-state index in [1.807, 2.05) is 43.0 Å². The van der Waals surface area contributed by atoms with Gasteiger partial charge in [0.05, 0.1) is 0 Å². The molecule has 1 N–H and O–H groups in total. The molecular weight excluding hydrogens is 350 g/mol. The summed E-state index contributed by atoms with van der Waals surface area (Å²) in [6, 6.07) is 7.59. The molecule has 2 amide bonds. The molecule has 1 heterocycles.